The van der Waals surface area contributed by atoms with E-state index in [4.69, 9.17) is 0 Å². The smallest absolute Gasteiger partial charge is 0.339 e. The van der Waals surface area contributed by atoms with Crippen LogP contribution in [0.5, 0.6) is 0 Å². The minimum absolute atomic E-state index is 0.172. The second-order valence-corrected chi connectivity index (χ2v) is 6.34. The van der Waals surface area contributed by atoms with E-state index >= 15 is 0 Å². The van der Waals surface area contributed by atoms with Crippen LogP contribution in [0.1, 0.15) is 11.4 Å². The van der Waals surface area contributed by atoms with E-state index < -0.39 is 0 Å². The predicted molar refractivity (Wildman–Crippen MR) is 105 cm³/mol. The van der Waals surface area contributed by atoms with Crippen LogP contribution in [-0.4, -0.2) is 33.9 Å². The summed E-state index contributed by atoms with van der Waals surface area (Å²) in [6.07, 6.45) is 4.74. The molecule has 0 spiro atoms. The number of aromatic amines is 1. The number of aryl methyl sites for hydroxylation is 1. The molecule has 0 radical (unpaired) electrons. The van der Waals surface area contributed by atoms with E-state index in [0.29, 0.717) is 35.0 Å². The Morgan fingerprint density at radius 1 is 1.11 bits per heavy atom. The van der Waals surface area contributed by atoms with Crippen LogP contribution in [-0.2, 0) is 6.54 Å². The van der Waals surface area contributed by atoms with Gasteiger partial charge in [-0.1, -0.05) is 18.2 Å². The molecule has 9 nitrogen and oxygen atoms in total. The highest BCUT2D eigenvalue weighted by atomic mass is 16.1. The molecule has 28 heavy (non-hydrogen) atoms. The molecule has 4 heterocycles. The maximum Gasteiger partial charge on any atom is 0.339 e. The lowest BCUT2D eigenvalue weighted by Crippen LogP contribution is -2.30. The molecule has 5 aromatic rings. The number of H-pyrrole nitrogens is 1. The van der Waals surface area contributed by atoms with Gasteiger partial charge in [0.25, 0.3) is 0 Å². The van der Waals surface area contributed by atoms with Crippen LogP contribution in [0.4, 0.5) is 5.82 Å². The van der Waals surface area contributed by atoms with Gasteiger partial charge in [0.1, 0.15) is 23.3 Å². The molecular formula is C19H16N8O. The van der Waals surface area contributed by atoms with Crippen molar-refractivity contribution in [3.05, 3.63) is 77.1 Å². The zero-order valence-corrected chi connectivity index (χ0v) is 15.0. The van der Waals surface area contributed by atoms with Gasteiger partial charge < -0.3 is 10.3 Å². The van der Waals surface area contributed by atoms with Crippen LogP contribution in [0.2, 0.25) is 0 Å². The molecule has 5 rings (SSSR count). The number of fused-ring (bicyclic) bond motifs is 2. The lowest BCUT2D eigenvalue weighted by Gasteiger charge is -2.15. The van der Waals surface area contributed by atoms with Crippen molar-refractivity contribution >= 4 is 22.6 Å². The molecule has 0 atom stereocenters. The highest BCUT2D eigenvalue weighted by Gasteiger charge is 2.15. The van der Waals surface area contributed by atoms with Gasteiger partial charge in [0.2, 0.25) is 0 Å². The van der Waals surface area contributed by atoms with Crippen LogP contribution < -0.4 is 11.0 Å². The molecule has 0 saturated carbocycles. The molecule has 0 aliphatic heterocycles. The lowest BCUT2D eigenvalue weighted by molar-refractivity contribution is 0.763. The first kappa shape index (κ1) is 16.2. The largest absolute Gasteiger partial charge is 0.361 e. The van der Waals surface area contributed by atoms with E-state index in [2.05, 4.69) is 30.2 Å². The number of benzene rings is 1. The Morgan fingerprint density at radius 3 is 2.89 bits per heavy atom. The number of rotatable bonds is 4. The van der Waals surface area contributed by atoms with Gasteiger partial charge in [-0.05, 0) is 30.7 Å². The van der Waals surface area contributed by atoms with Gasteiger partial charge >= 0.3 is 5.69 Å². The minimum atomic E-state index is -0.172. The van der Waals surface area contributed by atoms with Crippen molar-refractivity contribution in [2.75, 3.05) is 5.32 Å². The zero-order valence-electron chi connectivity index (χ0n) is 15.0. The highest BCUT2D eigenvalue weighted by Crippen LogP contribution is 2.17. The van der Waals surface area contributed by atoms with E-state index in [-0.39, 0.29) is 5.69 Å². The SMILES string of the molecule is Cc1ccccc1-n1c(CNc2ncnc3[nH]cnc23)nc2cccn2c1=O. The Bertz CT molecular complexity index is 1360. The number of nitrogens with zero attached hydrogens (tertiary/aromatic N) is 6. The third kappa shape index (κ3) is 2.52. The van der Waals surface area contributed by atoms with Crippen molar-refractivity contribution in [1.29, 1.82) is 0 Å². The summed E-state index contributed by atoms with van der Waals surface area (Å²) in [6, 6.07) is 11.3. The molecule has 0 saturated heterocycles. The maximum atomic E-state index is 13.2. The van der Waals surface area contributed by atoms with Crippen molar-refractivity contribution in [2.24, 2.45) is 0 Å². The average Bonchev–Trinajstić information content (AvgIpc) is 3.37. The number of imidazole rings is 1. The van der Waals surface area contributed by atoms with Crippen molar-refractivity contribution in [2.45, 2.75) is 13.5 Å². The Hall–Kier alpha value is -4.01. The first-order chi connectivity index (χ1) is 13.7. The fourth-order valence-electron chi connectivity index (χ4n) is 3.26. The maximum absolute atomic E-state index is 13.2. The summed E-state index contributed by atoms with van der Waals surface area (Å²) in [6.45, 7) is 2.26. The van der Waals surface area contributed by atoms with Gasteiger partial charge in [-0.15, -0.1) is 0 Å². The fraction of sp³-hybridized carbons (Fsp3) is 0.105. The van der Waals surface area contributed by atoms with Gasteiger partial charge in [0, 0.05) is 6.20 Å². The zero-order chi connectivity index (χ0) is 19.1. The number of aromatic nitrogens is 7. The number of hydrogen-bond acceptors (Lipinski definition) is 6. The molecule has 0 amide bonds. The Labute approximate surface area is 158 Å². The third-order valence-electron chi connectivity index (χ3n) is 4.61. The standard InChI is InChI=1S/C19H16N8O/c1-12-5-2-3-6-13(12)27-15(25-14-7-4-8-26(14)19(27)28)9-20-17-16-18(22-10-21-16)24-11-23-17/h2-8,10-11H,9H2,1H3,(H2,20,21,22,23,24). The van der Waals surface area contributed by atoms with Gasteiger partial charge in [-0.25, -0.2) is 29.3 Å². The second-order valence-electron chi connectivity index (χ2n) is 6.34. The number of hydrogen-bond donors (Lipinski definition) is 2. The number of para-hydroxylation sites is 1. The molecule has 138 valence electrons. The van der Waals surface area contributed by atoms with Crippen LogP contribution in [0, 0.1) is 6.92 Å². The van der Waals surface area contributed by atoms with Crippen molar-refractivity contribution in [3.8, 4) is 5.69 Å². The molecule has 1 aromatic carbocycles. The van der Waals surface area contributed by atoms with Gasteiger partial charge in [-0.3, -0.25) is 4.40 Å². The van der Waals surface area contributed by atoms with Gasteiger partial charge in [0.15, 0.2) is 11.5 Å². The van der Waals surface area contributed by atoms with Crippen molar-refractivity contribution in [1.82, 2.24) is 33.9 Å². The Balaban J connectivity index is 1.64. The number of nitrogens with one attached hydrogen (secondary N) is 2. The highest BCUT2D eigenvalue weighted by molar-refractivity contribution is 5.81. The van der Waals surface area contributed by atoms with Crippen LogP contribution in [0.25, 0.3) is 22.5 Å². The summed E-state index contributed by atoms with van der Waals surface area (Å²) in [5.74, 6) is 1.15. The molecule has 0 fully saturated rings. The van der Waals surface area contributed by atoms with Crippen LogP contribution in [0.3, 0.4) is 0 Å². The first-order valence-corrected chi connectivity index (χ1v) is 8.75. The molecule has 0 unspecified atom stereocenters. The molecule has 0 bridgehead atoms. The monoisotopic (exact) mass is 372 g/mol. The van der Waals surface area contributed by atoms with Crippen LogP contribution in [0.15, 0.2) is 60.0 Å². The Kier molecular flexibility index (Phi) is 3.64. The first-order valence-electron chi connectivity index (χ1n) is 8.75. The van der Waals surface area contributed by atoms with Crippen molar-refractivity contribution < 1.29 is 0 Å². The second kappa shape index (κ2) is 6.31. The van der Waals surface area contributed by atoms with E-state index in [1.54, 1.807) is 23.2 Å². The van der Waals surface area contributed by atoms with E-state index in [1.165, 1.54) is 10.7 Å². The van der Waals surface area contributed by atoms with Crippen molar-refractivity contribution in [3.63, 3.8) is 0 Å². The van der Waals surface area contributed by atoms with E-state index in [0.717, 1.165) is 11.3 Å². The predicted octanol–water partition coefficient (Wildman–Crippen LogP) is 2.07. The normalized spacial score (nSPS) is 11.3. The topological polar surface area (TPSA) is 106 Å². The number of anilines is 1. The van der Waals surface area contributed by atoms with Gasteiger partial charge in [-0.2, -0.15) is 0 Å². The summed E-state index contributed by atoms with van der Waals surface area (Å²) in [4.78, 5) is 33.5. The average molecular weight is 372 g/mol. The Morgan fingerprint density at radius 2 is 2.00 bits per heavy atom. The molecule has 0 aliphatic rings. The summed E-state index contributed by atoms with van der Waals surface area (Å²) >= 11 is 0. The van der Waals surface area contributed by atoms with Gasteiger partial charge in [0.05, 0.1) is 18.6 Å². The van der Waals surface area contributed by atoms with E-state index in [1.807, 2.05) is 37.3 Å². The van der Waals surface area contributed by atoms with E-state index in [9.17, 15) is 4.79 Å². The summed E-state index contributed by atoms with van der Waals surface area (Å²) in [7, 11) is 0. The lowest BCUT2D eigenvalue weighted by atomic mass is 10.2. The fourth-order valence-corrected chi connectivity index (χ4v) is 3.26. The molecule has 2 N–H and O–H groups in total. The molecular weight excluding hydrogens is 356 g/mol. The molecule has 0 aliphatic carbocycles. The minimum Gasteiger partial charge on any atom is -0.361 e. The summed E-state index contributed by atoms with van der Waals surface area (Å²) in [5, 5.41) is 3.24. The van der Waals surface area contributed by atoms with Crippen LogP contribution >= 0.6 is 0 Å². The quantitative estimate of drug-likeness (QED) is 0.500. The molecule has 4 aromatic heterocycles. The third-order valence-corrected chi connectivity index (χ3v) is 4.61. The summed E-state index contributed by atoms with van der Waals surface area (Å²) in [5.41, 5.74) is 3.48. The molecule has 9 heteroatoms. The summed E-state index contributed by atoms with van der Waals surface area (Å²) < 4.78 is 3.16.